The average molecular weight is 423 g/mol. The maximum absolute atomic E-state index is 13.1. The second kappa shape index (κ2) is 8.11. The Morgan fingerprint density at radius 2 is 1.89 bits per heavy atom. The van der Waals surface area contributed by atoms with E-state index >= 15 is 0 Å². The number of ether oxygens (including phenoxy) is 1. The van der Waals surface area contributed by atoms with E-state index in [9.17, 15) is 13.2 Å². The van der Waals surface area contributed by atoms with Crippen LogP contribution in [-0.4, -0.2) is 43.7 Å². The predicted molar refractivity (Wildman–Crippen MR) is 108 cm³/mol. The molecule has 0 spiro atoms. The number of rotatable bonds is 4. The molecule has 0 radical (unpaired) electrons. The highest BCUT2D eigenvalue weighted by molar-refractivity contribution is 7.89. The van der Waals surface area contributed by atoms with E-state index in [4.69, 9.17) is 16.3 Å². The number of halogens is 1. The number of carbonyl (C=O) groups excluding carboxylic acids is 1. The zero-order valence-corrected chi connectivity index (χ0v) is 17.6. The third kappa shape index (κ3) is 4.16. The Balaban J connectivity index is 1.92. The van der Waals surface area contributed by atoms with E-state index in [1.54, 1.807) is 24.1 Å². The van der Waals surface area contributed by atoms with Gasteiger partial charge >= 0.3 is 0 Å². The smallest absolute Gasteiger partial charge is 0.243 e. The largest absolute Gasteiger partial charge is 0.492 e. The average Bonchev–Trinajstić information content (AvgIpc) is 2.89. The number of carbonyl (C=O) groups is 1. The van der Waals surface area contributed by atoms with Crippen LogP contribution in [0.2, 0.25) is 5.02 Å². The fraction of sp³-hybridized carbons (Fsp3) is 0.350. The Hall–Kier alpha value is -2.09. The summed E-state index contributed by atoms with van der Waals surface area (Å²) in [5.41, 5.74) is 1.70. The first kappa shape index (κ1) is 20.6. The molecular weight excluding hydrogens is 400 g/mol. The summed E-state index contributed by atoms with van der Waals surface area (Å²) >= 11 is 5.88. The minimum absolute atomic E-state index is 0.0364. The zero-order valence-electron chi connectivity index (χ0n) is 16.1. The van der Waals surface area contributed by atoms with Gasteiger partial charge in [0.05, 0.1) is 10.9 Å². The molecule has 0 fully saturated rings. The number of sulfonamides is 1. The fourth-order valence-corrected chi connectivity index (χ4v) is 4.64. The van der Waals surface area contributed by atoms with Gasteiger partial charge in [0.1, 0.15) is 12.4 Å². The molecular formula is C20H23ClN2O4S. The van der Waals surface area contributed by atoms with Crippen LogP contribution in [0.5, 0.6) is 5.75 Å². The summed E-state index contributed by atoms with van der Waals surface area (Å²) in [5.74, 6) is 0.626. The van der Waals surface area contributed by atoms with Gasteiger partial charge in [-0.05, 0) is 48.9 Å². The van der Waals surface area contributed by atoms with Crippen molar-refractivity contribution in [3.8, 4) is 5.75 Å². The van der Waals surface area contributed by atoms with Gasteiger partial charge in [-0.3, -0.25) is 4.79 Å². The molecule has 0 saturated heterocycles. The van der Waals surface area contributed by atoms with Crippen molar-refractivity contribution in [2.75, 3.05) is 20.2 Å². The van der Waals surface area contributed by atoms with Gasteiger partial charge in [0.15, 0.2) is 0 Å². The van der Waals surface area contributed by atoms with Crippen molar-refractivity contribution in [2.24, 2.45) is 0 Å². The Labute approximate surface area is 170 Å². The SMILES string of the molecule is CC(=O)N(C)C(C)c1ccc2c(c1)CN(S(=O)(=O)c1ccc(Cl)cc1)CCO2. The van der Waals surface area contributed by atoms with Gasteiger partial charge in [0.25, 0.3) is 0 Å². The molecule has 0 bridgehead atoms. The van der Waals surface area contributed by atoms with E-state index in [2.05, 4.69) is 0 Å². The van der Waals surface area contributed by atoms with Crippen LogP contribution in [0.1, 0.15) is 31.0 Å². The van der Waals surface area contributed by atoms with Crippen molar-refractivity contribution in [3.63, 3.8) is 0 Å². The van der Waals surface area contributed by atoms with Gasteiger partial charge in [0.2, 0.25) is 15.9 Å². The summed E-state index contributed by atoms with van der Waals surface area (Å²) in [4.78, 5) is 13.5. The summed E-state index contributed by atoms with van der Waals surface area (Å²) in [7, 11) is -1.94. The number of fused-ring (bicyclic) bond motifs is 1. The first-order valence-corrected chi connectivity index (χ1v) is 10.8. The monoisotopic (exact) mass is 422 g/mol. The van der Waals surface area contributed by atoms with E-state index in [0.29, 0.717) is 10.8 Å². The van der Waals surface area contributed by atoms with Crippen LogP contribution in [0.25, 0.3) is 0 Å². The number of nitrogens with zero attached hydrogens (tertiary/aromatic N) is 2. The van der Waals surface area contributed by atoms with Gasteiger partial charge in [-0.15, -0.1) is 0 Å². The molecule has 1 atom stereocenters. The van der Waals surface area contributed by atoms with Gasteiger partial charge in [0, 0.05) is 37.6 Å². The Kier molecular flexibility index (Phi) is 5.98. The molecule has 0 aliphatic carbocycles. The lowest BCUT2D eigenvalue weighted by Crippen LogP contribution is -2.32. The fourth-order valence-electron chi connectivity index (χ4n) is 3.11. The molecule has 1 aliphatic rings. The van der Waals surface area contributed by atoms with Crippen LogP contribution in [0.15, 0.2) is 47.4 Å². The minimum atomic E-state index is -3.68. The van der Waals surface area contributed by atoms with Gasteiger partial charge in [-0.1, -0.05) is 17.7 Å². The maximum Gasteiger partial charge on any atom is 0.243 e. The van der Waals surface area contributed by atoms with Crippen LogP contribution >= 0.6 is 11.6 Å². The number of hydrogen-bond acceptors (Lipinski definition) is 4. The van der Waals surface area contributed by atoms with E-state index < -0.39 is 10.0 Å². The Morgan fingerprint density at radius 1 is 1.21 bits per heavy atom. The van der Waals surface area contributed by atoms with Crippen LogP contribution in [0.3, 0.4) is 0 Å². The standard InChI is InChI=1S/C20H23ClN2O4S/c1-14(22(3)15(2)24)16-4-9-20-17(12-16)13-23(10-11-27-20)28(25,26)19-7-5-18(21)6-8-19/h4-9,12,14H,10-11,13H2,1-3H3. The third-order valence-corrected chi connectivity index (χ3v) is 7.15. The van der Waals surface area contributed by atoms with Gasteiger partial charge in [-0.25, -0.2) is 8.42 Å². The normalized spacial score (nSPS) is 15.9. The molecule has 3 rings (SSSR count). The number of hydrogen-bond donors (Lipinski definition) is 0. The molecule has 1 heterocycles. The summed E-state index contributed by atoms with van der Waals surface area (Å²) in [6.45, 7) is 4.16. The molecule has 0 aromatic heterocycles. The molecule has 0 N–H and O–H groups in total. The minimum Gasteiger partial charge on any atom is -0.492 e. The number of benzene rings is 2. The highest BCUT2D eigenvalue weighted by Gasteiger charge is 2.28. The lowest BCUT2D eigenvalue weighted by molar-refractivity contribution is -0.129. The Morgan fingerprint density at radius 3 is 2.54 bits per heavy atom. The van der Waals surface area contributed by atoms with E-state index in [1.807, 2.05) is 25.1 Å². The van der Waals surface area contributed by atoms with E-state index in [0.717, 1.165) is 11.1 Å². The van der Waals surface area contributed by atoms with Crippen LogP contribution in [-0.2, 0) is 21.4 Å². The van der Waals surface area contributed by atoms with Gasteiger partial charge in [-0.2, -0.15) is 4.31 Å². The molecule has 1 amide bonds. The van der Waals surface area contributed by atoms with Crippen molar-refractivity contribution >= 4 is 27.5 Å². The highest BCUT2D eigenvalue weighted by Crippen LogP contribution is 2.30. The van der Waals surface area contributed by atoms with Crippen molar-refractivity contribution in [1.82, 2.24) is 9.21 Å². The lowest BCUT2D eigenvalue weighted by atomic mass is 10.0. The van der Waals surface area contributed by atoms with Crippen molar-refractivity contribution in [1.29, 1.82) is 0 Å². The summed E-state index contributed by atoms with van der Waals surface area (Å²) in [6.07, 6.45) is 0. The summed E-state index contributed by atoms with van der Waals surface area (Å²) < 4.78 is 33.3. The first-order valence-electron chi connectivity index (χ1n) is 8.95. The number of amides is 1. The van der Waals surface area contributed by atoms with Crippen LogP contribution in [0.4, 0.5) is 0 Å². The van der Waals surface area contributed by atoms with Crippen molar-refractivity contribution < 1.29 is 17.9 Å². The van der Waals surface area contributed by atoms with Crippen LogP contribution < -0.4 is 4.74 Å². The second-order valence-corrected chi connectivity index (χ2v) is 9.19. The summed E-state index contributed by atoms with van der Waals surface area (Å²) in [6, 6.07) is 11.7. The predicted octanol–water partition coefficient (Wildman–Crippen LogP) is 3.46. The first-order chi connectivity index (χ1) is 13.2. The van der Waals surface area contributed by atoms with E-state index in [1.165, 1.54) is 23.4 Å². The van der Waals surface area contributed by atoms with E-state index in [-0.39, 0.29) is 36.5 Å². The molecule has 2 aromatic rings. The maximum atomic E-state index is 13.1. The molecule has 6 nitrogen and oxygen atoms in total. The highest BCUT2D eigenvalue weighted by atomic mass is 35.5. The lowest BCUT2D eigenvalue weighted by Gasteiger charge is -2.25. The molecule has 1 aliphatic heterocycles. The molecule has 8 heteroatoms. The van der Waals surface area contributed by atoms with Crippen molar-refractivity contribution in [2.45, 2.75) is 31.3 Å². The molecule has 1 unspecified atom stereocenters. The van der Waals surface area contributed by atoms with Crippen LogP contribution in [0, 0.1) is 0 Å². The quantitative estimate of drug-likeness (QED) is 0.756. The summed E-state index contributed by atoms with van der Waals surface area (Å²) in [5, 5.41) is 0.483. The molecule has 2 aromatic carbocycles. The van der Waals surface area contributed by atoms with Gasteiger partial charge < -0.3 is 9.64 Å². The topological polar surface area (TPSA) is 66.9 Å². The second-order valence-electron chi connectivity index (χ2n) is 6.81. The Bertz CT molecular complexity index is 976. The molecule has 28 heavy (non-hydrogen) atoms. The third-order valence-electron chi connectivity index (χ3n) is 5.04. The molecule has 0 saturated carbocycles. The van der Waals surface area contributed by atoms with Crippen molar-refractivity contribution in [3.05, 3.63) is 58.6 Å². The molecule has 150 valence electrons. The zero-order chi connectivity index (χ0) is 20.5.